The second kappa shape index (κ2) is 6.27. The molecule has 118 valence electrons. The van der Waals surface area contributed by atoms with Gasteiger partial charge in [-0.2, -0.15) is 0 Å². The monoisotopic (exact) mass is 321 g/mol. The molecule has 0 amide bonds. The van der Waals surface area contributed by atoms with E-state index in [1.807, 2.05) is 6.92 Å². The topological polar surface area (TPSA) is 64.6 Å². The number of anilines is 1. The quantitative estimate of drug-likeness (QED) is 0.919. The first-order valence-electron chi connectivity index (χ1n) is 6.70. The third kappa shape index (κ3) is 3.17. The van der Waals surface area contributed by atoms with Crippen molar-refractivity contribution in [3.05, 3.63) is 47.5 Å². The fraction of sp³-hybridized carbons (Fsp3) is 0.250. The molecule has 0 heterocycles. The first-order valence-corrected chi connectivity index (χ1v) is 8.18. The Morgan fingerprint density at radius 1 is 0.909 bits per heavy atom. The Labute approximate surface area is 130 Å². The highest BCUT2D eigenvalue weighted by atomic mass is 32.2. The molecule has 0 atom stereocenters. The van der Waals surface area contributed by atoms with Crippen LogP contribution >= 0.6 is 0 Å². The minimum atomic E-state index is -3.70. The van der Waals surface area contributed by atoms with Crippen molar-refractivity contribution in [3.63, 3.8) is 0 Å². The van der Waals surface area contributed by atoms with Crippen molar-refractivity contribution < 1.29 is 17.9 Å². The molecule has 0 unspecified atom stereocenters. The van der Waals surface area contributed by atoms with Crippen LogP contribution in [0.1, 0.15) is 11.1 Å². The number of methoxy groups -OCH3 is 2. The van der Waals surface area contributed by atoms with E-state index >= 15 is 0 Å². The number of aryl methyl sites for hydroxylation is 2. The molecule has 0 fully saturated rings. The Hall–Kier alpha value is -2.21. The van der Waals surface area contributed by atoms with Gasteiger partial charge in [-0.3, -0.25) is 4.72 Å². The zero-order valence-corrected chi connectivity index (χ0v) is 13.8. The van der Waals surface area contributed by atoms with Gasteiger partial charge in [0.05, 0.1) is 24.8 Å². The third-order valence-corrected chi connectivity index (χ3v) is 4.87. The van der Waals surface area contributed by atoms with Gasteiger partial charge >= 0.3 is 0 Å². The molecule has 0 aliphatic rings. The van der Waals surface area contributed by atoms with E-state index in [1.165, 1.54) is 14.2 Å². The van der Waals surface area contributed by atoms with E-state index in [2.05, 4.69) is 4.72 Å². The van der Waals surface area contributed by atoms with Gasteiger partial charge in [-0.1, -0.05) is 18.2 Å². The van der Waals surface area contributed by atoms with Crippen LogP contribution in [-0.2, 0) is 10.0 Å². The van der Waals surface area contributed by atoms with Crippen LogP contribution in [0.3, 0.4) is 0 Å². The maximum Gasteiger partial charge on any atom is 0.262 e. The predicted molar refractivity (Wildman–Crippen MR) is 86.3 cm³/mol. The van der Waals surface area contributed by atoms with Crippen LogP contribution in [0.5, 0.6) is 11.5 Å². The highest BCUT2D eigenvalue weighted by Gasteiger charge is 2.19. The predicted octanol–water partition coefficient (Wildman–Crippen LogP) is 3.12. The number of benzene rings is 2. The van der Waals surface area contributed by atoms with Gasteiger partial charge < -0.3 is 9.47 Å². The molecule has 5 nitrogen and oxygen atoms in total. The minimum Gasteiger partial charge on any atom is -0.496 e. The second-order valence-corrected chi connectivity index (χ2v) is 6.54. The van der Waals surface area contributed by atoms with Gasteiger partial charge in [-0.05, 0) is 37.1 Å². The lowest BCUT2D eigenvalue weighted by atomic mass is 10.2. The first-order chi connectivity index (χ1) is 10.4. The smallest absolute Gasteiger partial charge is 0.262 e. The molecule has 0 aromatic heterocycles. The third-order valence-electron chi connectivity index (χ3n) is 3.34. The number of sulfonamides is 1. The van der Waals surface area contributed by atoms with Crippen molar-refractivity contribution >= 4 is 15.7 Å². The van der Waals surface area contributed by atoms with Crippen LogP contribution in [0.25, 0.3) is 0 Å². The summed E-state index contributed by atoms with van der Waals surface area (Å²) in [7, 11) is -0.671. The van der Waals surface area contributed by atoms with E-state index < -0.39 is 10.0 Å². The van der Waals surface area contributed by atoms with Crippen LogP contribution in [0.4, 0.5) is 5.69 Å². The number of ether oxygens (including phenoxy) is 2. The standard InChI is InChI=1S/C16H19NO4S/c1-11-7-5-6-8-16(11)22(18,19)17-13-10-14(20-3)12(2)9-15(13)21-4/h5-10,17H,1-4H3. The molecule has 0 saturated carbocycles. The summed E-state index contributed by atoms with van der Waals surface area (Å²) in [6.45, 7) is 3.61. The van der Waals surface area contributed by atoms with Gasteiger partial charge in [0.2, 0.25) is 0 Å². The Morgan fingerprint density at radius 2 is 1.55 bits per heavy atom. The van der Waals surface area contributed by atoms with E-state index in [-0.39, 0.29) is 4.90 Å². The van der Waals surface area contributed by atoms with E-state index in [0.717, 1.165) is 5.56 Å². The molecule has 2 aromatic rings. The molecule has 1 N–H and O–H groups in total. The Balaban J connectivity index is 2.48. The molecule has 0 radical (unpaired) electrons. The lowest BCUT2D eigenvalue weighted by molar-refractivity contribution is 0.402. The summed E-state index contributed by atoms with van der Waals surface area (Å²) in [5.41, 5.74) is 1.87. The van der Waals surface area contributed by atoms with Crippen LogP contribution in [0.2, 0.25) is 0 Å². The average molecular weight is 321 g/mol. The molecular weight excluding hydrogens is 302 g/mol. The SMILES string of the molecule is COc1cc(NS(=O)(=O)c2ccccc2C)c(OC)cc1C. The number of hydrogen-bond donors (Lipinski definition) is 1. The fourth-order valence-electron chi connectivity index (χ4n) is 2.19. The van der Waals surface area contributed by atoms with Gasteiger partial charge in [0.1, 0.15) is 11.5 Å². The Morgan fingerprint density at radius 3 is 2.14 bits per heavy atom. The molecule has 22 heavy (non-hydrogen) atoms. The highest BCUT2D eigenvalue weighted by Crippen LogP contribution is 2.34. The van der Waals surface area contributed by atoms with E-state index in [1.54, 1.807) is 43.3 Å². The summed E-state index contributed by atoms with van der Waals surface area (Å²) in [6, 6.07) is 10.1. The Bertz CT molecular complexity index is 785. The van der Waals surface area contributed by atoms with Crippen LogP contribution in [0, 0.1) is 13.8 Å². The van der Waals surface area contributed by atoms with E-state index in [0.29, 0.717) is 22.7 Å². The van der Waals surface area contributed by atoms with Gasteiger partial charge in [0.15, 0.2) is 0 Å². The average Bonchev–Trinajstić information content (AvgIpc) is 2.48. The van der Waals surface area contributed by atoms with Crippen LogP contribution in [0.15, 0.2) is 41.3 Å². The second-order valence-electron chi connectivity index (χ2n) is 4.89. The summed E-state index contributed by atoms with van der Waals surface area (Å²) in [5, 5.41) is 0. The number of nitrogens with one attached hydrogen (secondary N) is 1. The van der Waals surface area contributed by atoms with Crippen molar-refractivity contribution in [3.8, 4) is 11.5 Å². The van der Waals surface area contributed by atoms with Gasteiger partial charge in [0.25, 0.3) is 10.0 Å². The van der Waals surface area contributed by atoms with Crippen molar-refractivity contribution in [1.82, 2.24) is 0 Å². The molecule has 2 aromatic carbocycles. The first kappa shape index (κ1) is 16.2. The van der Waals surface area contributed by atoms with Crippen LogP contribution < -0.4 is 14.2 Å². The van der Waals surface area contributed by atoms with Crippen molar-refractivity contribution in [1.29, 1.82) is 0 Å². The molecule has 0 aliphatic carbocycles. The Kier molecular flexibility index (Phi) is 4.61. The van der Waals surface area contributed by atoms with Crippen molar-refractivity contribution in [2.45, 2.75) is 18.7 Å². The lowest BCUT2D eigenvalue weighted by Crippen LogP contribution is -2.15. The van der Waals surface area contributed by atoms with Crippen LogP contribution in [-0.4, -0.2) is 22.6 Å². The largest absolute Gasteiger partial charge is 0.496 e. The molecule has 6 heteroatoms. The maximum atomic E-state index is 12.6. The number of hydrogen-bond acceptors (Lipinski definition) is 4. The number of rotatable bonds is 5. The summed E-state index contributed by atoms with van der Waals surface area (Å²) in [5.74, 6) is 1.03. The zero-order chi connectivity index (χ0) is 16.3. The highest BCUT2D eigenvalue weighted by molar-refractivity contribution is 7.92. The minimum absolute atomic E-state index is 0.233. The molecule has 2 rings (SSSR count). The summed E-state index contributed by atoms with van der Waals surface area (Å²) in [4.78, 5) is 0.233. The van der Waals surface area contributed by atoms with Crippen molar-refractivity contribution in [2.75, 3.05) is 18.9 Å². The molecule has 0 saturated heterocycles. The van der Waals surface area contributed by atoms with E-state index in [4.69, 9.17) is 9.47 Å². The maximum absolute atomic E-state index is 12.6. The molecule has 0 bridgehead atoms. The summed E-state index contributed by atoms with van der Waals surface area (Å²) < 4.78 is 38.2. The van der Waals surface area contributed by atoms with E-state index in [9.17, 15) is 8.42 Å². The molecule has 0 spiro atoms. The zero-order valence-electron chi connectivity index (χ0n) is 13.0. The van der Waals surface area contributed by atoms with Gasteiger partial charge in [0, 0.05) is 6.07 Å². The lowest BCUT2D eigenvalue weighted by Gasteiger charge is -2.15. The molecular formula is C16H19NO4S. The molecule has 0 aliphatic heterocycles. The van der Waals surface area contributed by atoms with Gasteiger partial charge in [-0.15, -0.1) is 0 Å². The summed E-state index contributed by atoms with van der Waals surface area (Å²) >= 11 is 0. The van der Waals surface area contributed by atoms with Crippen molar-refractivity contribution in [2.24, 2.45) is 0 Å². The van der Waals surface area contributed by atoms with Gasteiger partial charge in [-0.25, -0.2) is 8.42 Å². The normalized spacial score (nSPS) is 11.1. The fourth-order valence-corrected chi connectivity index (χ4v) is 3.50. The summed E-state index contributed by atoms with van der Waals surface area (Å²) in [6.07, 6.45) is 0.